The van der Waals surface area contributed by atoms with E-state index in [4.69, 9.17) is 4.74 Å². The minimum Gasteiger partial charge on any atom is -0.497 e. The van der Waals surface area contributed by atoms with Gasteiger partial charge < -0.3 is 9.72 Å². The van der Waals surface area contributed by atoms with Crippen LogP contribution in [-0.2, 0) is 10.0 Å². The Kier molecular flexibility index (Phi) is 6.48. The van der Waals surface area contributed by atoms with Gasteiger partial charge in [-0.15, -0.1) is 0 Å². The molecule has 0 radical (unpaired) electrons. The van der Waals surface area contributed by atoms with Crippen LogP contribution in [0.15, 0.2) is 71.6 Å². The fourth-order valence-electron chi connectivity index (χ4n) is 3.60. The summed E-state index contributed by atoms with van der Waals surface area (Å²) in [4.78, 5) is 28.5. The Morgan fingerprint density at radius 2 is 1.57 bits per heavy atom. The Balaban J connectivity index is 1.47. The van der Waals surface area contributed by atoms with Gasteiger partial charge in [-0.2, -0.15) is 0 Å². The Hall–Kier alpha value is -4.31. The highest BCUT2D eigenvalue weighted by Gasteiger charge is 2.18. The quantitative estimate of drug-likeness (QED) is 0.305. The van der Waals surface area contributed by atoms with Gasteiger partial charge in [-0.3, -0.25) is 25.2 Å². The van der Waals surface area contributed by atoms with E-state index in [2.05, 4.69) is 20.6 Å². The number of para-hydroxylation sites is 1. The zero-order chi connectivity index (χ0) is 25.2. The number of aryl methyl sites for hydroxylation is 2. The number of amides is 2. The maximum Gasteiger partial charge on any atom is 0.271 e. The van der Waals surface area contributed by atoms with Gasteiger partial charge in [0, 0.05) is 22.3 Å². The van der Waals surface area contributed by atoms with Crippen LogP contribution in [0.4, 0.5) is 5.69 Å². The first-order valence-corrected chi connectivity index (χ1v) is 12.1. The zero-order valence-corrected chi connectivity index (χ0v) is 20.1. The van der Waals surface area contributed by atoms with Crippen molar-refractivity contribution >= 4 is 38.4 Å². The van der Waals surface area contributed by atoms with Crippen molar-refractivity contribution in [1.82, 2.24) is 15.8 Å². The van der Waals surface area contributed by atoms with Crippen LogP contribution in [0.2, 0.25) is 0 Å². The first-order valence-electron chi connectivity index (χ1n) is 10.6. The van der Waals surface area contributed by atoms with Gasteiger partial charge in [-0.05, 0) is 67.9 Å². The second-order valence-corrected chi connectivity index (χ2v) is 9.56. The number of hydrazine groups is 1. The first kappa shape index (κ1) is 23.8. The average Bonchev–Trinajstić information content (AvgIpc) is 3.16. The molecule has 0 unspecified atom stereocenters. The Morgan fingerprint density at radius 1 is 0.886 bits per heavy atom. The van der Waals surface area contributed by atoms with Crippen LogP contribution in [-0.4, -0.2) is 32.3 Å². The van der Waals surface area contributed by atoms with Gasteiger partial charge >= 0.3 is 0 Å². The average molecular weight is 493 g/mol. The Labute approximate surface area is 202 Å². The maximum absolute atomic E-state index is 12.8. The normalized spacial score (nSPS) is 11.2. The van der Waals surface area contributed by atoms with Crippen molar-refractivity contribution in [2.75, 3.05) is 11.8 Å². The number of anilines is 1. The van der Waals surface area contributed by atoms with Crippen molar-refractivity contribution in [3.63, 3.8) is 0 Å². The number of H-pyrrole nitrogens is 1. The maximum atomic E-state index is 12.8. The molecule has 1 aromatic heterocycles. The van der Waals surface area contributed by atoms with Crippen molar-refractivity contribution in [1.29, 1.82) is 0 Å². The van der Waals surface area contributed by atoms with E-state index in [0.717, 1.165) is 16.6 Å². The number of ether oxygens (including phenoxy) is 1. The summed E-state index contributed by atoms with van der Waals surface area (Å²) in [5.41, 5.74) is 8.18. The van der Waals surface area contributed by atoms with Crippen LogP contribution in [0.1, 0.15) is 32.0 Å². The van der Waals surface area contributed by atoms with Gasteiger partial charge in [0.1, 0.15) is 5.75 Å². The molecule has 0 saturated heterocycles. The number of aromatic amines is 1. The van der Waals surface area contributed by atoms with Gasteiger partial charge in [0.05, 0.1) is 23.1 Å². The number of methoxy groups -OCH3 is 1. The van der Waals surface area contributed by atoms with E-state index >= 15 is 0 Å². The number of nitrogens with one attached hydrogen (secondary N) is 4. The number of hydrogen-bond donors (Lipinski definition) is 4. The molecule has 9 nitrogen and oxygen atoms in total. The molecule has 1 heterocycles. The van der Waals surface area contributed by atoms with Gasteiger partial charge in [0.25, 0.3) is 21.8 Å². The molecule has 180 valence electrons. The first-order chi connectivity index (χ1) is 16.7. The molecule has 10 heteroatoms. The predicted octanol–water partition coefficient (Wildman–Crippen LogP) is 3.67. The van der Waals surface area contributed by atoms with Crippen molar-refractivity contribution in [3.05, 3.63) is 89.1 Å². The highest BCUT2D eigenvalue weighted by Crippen LogP contribution is 2.24. The number of benzene rings is 3. The monoisotopic (exact) mass is 492 g/mol. The Bertz CT molecular complexity index is 1530. The third-order valence-electron chi connectivity index (χ3n) is 5.63. The van der Waals surface area contributed by atoms with Gasteiger partial charge in [-0.1, -0.05) is 18.2 Å². The number of hydrogen-bond acceptors (Lipinski definition) is 5. The lowest BCUT2D eigenvalue weighted by molar-refractivity contribution is 0.0847. The summed E-state index contributed by atoms with van der Waals surface area (Å²) < 4.78 is 33.1. The predicted molar refractivity (Wildman–Crippen MR) is 133 cm³/mol. The SMILES string of the molecule is COc1ccc(NS(=O)(=O)c2cccc(C(=O)NNC(=O)c3cccc4c(C)c(C)[nH]c34)c2)cc1. The van der Waals surface area contributed by atoms with Gasteiger partial charge in [0.15, 0.2) is 0 Å². The molecule has 0 aliphatic heterocycles. The third-order valence-corrected chi connectivity index (χ3v) is 7.01. The highest BCUT2D eigenvalue weighted by molar-refractivity contribution is 7.92. The van der Waals surface area contributed by atoms with Crippen molar-refractivity contribution in [3.8, 4) is 5.75 Å². The molecule has 0 aliphatic carbocycles. The number of aromatic nitrogens is 1. The topological polar surface area (TPSA) is 129 Å². The van der Waals surface area contributed by atoms with Crippen LogP contribution in [0.5, 0.6) is 5.75 Å². The summed E-state index contributed by atoms with van der Waals surface area (Å²) in [7, 11) is -2.44. The van der Waals surface area contributed by atoms with Crippen molar-refractivity contribution in [2.45, 2.75) is 18.7 Å². The summed E-state index contributed by atoms with van der Waals surface area (Å²) in [6.45, 7) is 3.88. The molecule has 0 spiro atoms. The van der Waals surface area contributed by atoms with Crippen LogP contribution in [0, 0.1) is 13.8 Å². The molecule has 4 aromatic rings. The molecule has 0 saturated carbocycles. The molecule has 3 aromatic carbocycles. The number of rotatable bonds is 6. The zero-order valence-electron chi connectivity index (χ0n) is 19.3. The Morgan fingerprint density at radius 3 is 2.29 bits per heavy atom. The van der Waals surface area contributed by atoms with Crippen LogP contribution in [0.3, 0.4) is 0 Å². The van der Waals surface area contributed by atoms with Gasteiger partial charge in [0.2, 0.25) is 0 Å². The standard InChI is InChI=1S/C25H24N4O5S/c1-15-16(2)26-23-21(15)8-5-9-22(23)25(31)28-27-24(30)17-6-4-7-20(14-17)35(32,33)29-18-10-12-19(34-3)13-11-18/h4-14,26,29H,1-3H3,(H,27,30)(H,28,31). The van der Waals surface area contributed by atoms with Crippen molar-refractivity contribution in [2.24, 2.45) is 0 Å². The number of fused-ring (bicyclic) bond motifs is 1. The number of carbonyl (C=O) groups is 2. The second-order valence-electron chi connectivity index (χ2n) is 7.87. The summed E-state index contributed by atoms with van der Waals surface area (Å²) in [5.74, 6) is -0.576. The van der Waals surface area contributed by atoms with E-state index in [1.54, 1.807) is 36.4 Å². The molecule has 4 rings (SSSR count). The highest BCUT2D eigenvalue weighted by atomic mass is 32.2. The molecule has 35 heavy (non-hydrogen) atoms. The molecule has 0 aliphatic rings. The molecule has 4 N–H and O–H groups in total. The fraction of sp³-hybridized carbons (Fsp3) is 0.120. The molecule has 0 bridgehead atoms. The summed E-state index contributed by atoms with van der Waals surface area (Å²) in [6, 6.07) is 17.2. The lowest BCUT2D eigenvalue weighted by Crippen LogP contribution is -2.41. The summed E-state index contributed by atoms with van der Waals surface area (Å²) in [5, 5.41) is 0.920. The lowest BCUT2D eigenvalue weighted by atomic mass is 10.1. The second kappa shape index (κ2) is 9.51. The molecular formula is C25H24N4O5S. The van der Waals surface area contributed by atoms with E-state index < -0.39 is 21.8 Å². The van der Waals surface area contributed by atoms with E-state index in [9.17, 15) is 18.0 Å². The molecular weight excluding hydrogens is 468 g/mol. The fourth-order valence-corrected chi connectivity index (χ4v) is 4.71. The van der Waals surface area contributed by atoms with E-state index in [1.165, 1.54) is 31.4 Å². The van der Waals surface area contributed by atoms with Crippen LogP contribution >= 0.6 is 0 Å². The van der Waals surface area contributed by atoms with E-state index in [0.29, 0.717) is 22.5 Å². The summed E-state index contributed by atoms with van der Waals surface area (Å²) in [6.07, 6.45) is 0. The van der Waals surface area contributed by atoms with E-state index in [1.807, 2.05) is 19.9 Å². The van der Waals surface area contributed by atoms with Crippen molar-refractivity contribution < 1.29 is 22.7 Å². The largest absolute Gasteiger partial charge is 0.497 e. The minimum atomic E-state index is -3.95. The molecule has 0 fully saturated rings. The van der Waals surface area contributed by atoms with E-state index in [-0.39, 0.29) is 10.5 Å². The smallest absolute Gasteiger partial charge is 0.271 e. The number of sulfonamides is 1. The molecule has 0 atom stereocenters. The van der Waals surface area contributed by atoms with Crippen LogP contribution in [0.25, 0.3) is 10.9 Å². The minimum absolute atomic E-state index is 0.0627. The molecule has 2 amide bonds. The summed E-state index contributed by atoms with van der Waals surface area (Å²) >= 11 is 0. The van der Waals surface area contributed by atoms with Crippen LogP contribution < -0.4 is 20.3 Å². The van der Waals surface area contributed by atoms with Gasteiger partial charge in [-0.25, -0.2) is 8.42 Å². The third kappa shape index (κ3) is 4.97. The number of carbonyl (C=O) groups excluding carboxylic acids is 2. The lowest BCUT2D eigenvalue weighted by Gasteiger charge is -2.11.